The summed E-state index contributed by atoms with van der Waals surface area (Å²) in [6, 6.07) is 10.2. The summed E-state index contributed by atoms with van der Waals surface area (Å²) >= 11 is 0. The summed E-state index contributed by atoms with van der Waals surface area (Å²) in [5, 5.41) is 0. The van der Waals surface area contributed by atoms with Crippen molar-refractivity contribution < 1.29 is 22.0 Å². The van der Waals surface area contributed by atoms with Gasteiger partial charge in [0.1, 0.15) is 5.75 Å². The van der Waals surface area contributed by atoms with Gasteiger partial charge >= 0.3 is 12.0 Å². The molecule has 0 amide bonds. The lowest BCUT2D eigenvalue weighted by Crippen LogP contribution is -2.02. The summed E-state index contributed by atoms with van der Waals surface area (Å²) in [4.78, 5) is 1.23. The van der Waals surface area contributed by atoms with Gasteiger partial charge in [-0.25, -0.2) is 4.42 Å². The molecule has 0 aliphatic carbocycles. The number of benzene rings is 1. The van der Waals surface area contributed by atoms with Crippen LogP contribution in [0.1, 0.15) is 6.92 Å². The Balaban J connectivity index is 0.000000383. The summed E-state index contributed by atoms with van der Waals surface area (Å²) in [6.07, 6.45) is 0. The molecule has 0 N–H and O–H groups in total. The highest BCUT2D eigenvalue weighted by Crippen LogP contribution is 2.26. The SMILES string of the molecule is CC[O+]=c1cc(-c2ccc(OC)cc2)ss1.F[B-](F)(F)F. The molecule has 0 bridgehead atoms. The molecular weight excluding hydrogens is 327 g/mol. The van der Waals surface area contributed by atoms with Gasteiger partial charge in [0.25, 0.3) is 6.61 Å². The molecule has 2 rings (SSSR count). The van der Waals surface area contributed by atoms with E-state index < -0.39 is 7.25 Å². The third-order valence-corrected chi connectivity index (χ3v) is 4.42. The Bertz CT molecular complexity index is 599. The second kappa shape index (κ2) is 8.18. The van der Waals surface area contributed by atoms with Crippen LogP contribution in [0.25, 0.3) is 10.4 Å². The molecule has 0 saturated carbocycles. The van der Waals surface area contributed by atoms with Crippen molar-refractivity contribution in [3.05, 3.63) is 39.5 Å². The summed E-state index contributed by atoms with van der Waals surface area (Å²) in [5.41, 5.74) is 1.20. The maximum absolute atomic E-state index is 9.75. The topological polar surface area (TPSA) is 20.5 Å². The Morgan fingerprint density at radius 2 is 1.67 bits per heavy atom. The molecule has 0 atom stereocenters. The number of rotatable bonds is 3. The number of halogens is 4. The normalized spacial score (nSPS) is 11.8. The Hall–Kier alpha value is -1.35. The highest BCUT2D eigenvalue weighted by atomic mass is 32.9. The fourth-order valence-electron chi connectivity index (χ4n) is 1.34. The molecular formula is C12H13BF4O2S2. The average Bonchev–Trinajstić information content (AvgIpc) is 2.86. The quantitative estimate of drug-likeness (QED) is 0.343. The standard InChI is InChI=1S/C12H13O2S2.BF4/c1-3-14-12-8-11(15-16-12)9-4-6-10(13-2)7-5-9;2-1(3,4)5/h4-8H,3H2,1-2H3;/q+1;-1. The highest BCUT2D eigenvalue weighted by Gasteiger charge is 2.20. The van der Waals surface area contributed by atoms with E-state index in [2.05, 4.69) is 18.2 Å². The molecule has 1 heterocycles. The molecule has 0 spiro atoms. The van der Waals surface area contributed by atoms with Gasteiger partial charge in [-0.2, -0.15) is 0 Å². The zero-order chi connectivity index (χ0) is 15.9. The van der Waals surface area contributed by atoms with Crippen LogP contribution in [-0.2, 0) is 0 Å². The molecule has 2 nitrogen and oxygen atoms in total. The fraction of sp³-hybridized carbons (Fsp3) is 0.250. The van der Waals surface area contributed by atoms with Gasteiger partial charge in [-0.05, 0) is 29.8 Å². The first-order valence-corrected chi connectivity index (χ1v) is 8.06. The van der Waals surface area contributed by atoms with Crippen molar-refractivity contribution in [1.82, 2.24) is 0 Å². The van der Waals surface area contributed by atoms with Crippen molar-refractivity contribution in [3.8, 4) is 16.2 Å². The molecule has 1 aromatic carbocycles. The molecule has 21 heavy (non-hydrogen) atoms. The summed E-state index contributed by atoms with van der Waals surface area (Å²) in [5.74, 6) is 0.883. The van der Waals surface area contributed by atoms with E-state index in [0.717, 1.165) is 17.1 Å². The average molecular weight is 340 g/mol. The Morgan fingerprint density at radius 1 is 1.10 bits per heavy atom. The third kappa shape index (κ3) is 7.28. The van der Waals surface area contributed by atoms with Crippen LogP contribution in [0.15, 0.2) is 34.8 Å². The largest absolute Gasteiger partial charge is 0.673 e. The molecule has 0 aliphatic rings. The molecule has 0 radical (unpaired) electrons. The first kappa shape index (κ1) is 17.7. The van der Waals surface area contributed by atoms with Crippen LogP contribution in [0.4, 0.5) is 17.3 Å². The monoisotopic (exact) mass is 340 g/mol. The maximum Gasteiger partial charge on any atom is 0.673 e. The van der Waals surface area contributed by atoms with Crippen molar-refractivity contribution in [3.63, 3.8) is 0 Å². The Labute approximate surface area is 126 Å². The molecule has 0 fully saturated rings. The van der Waals surface area contributed by atoms with E-state index in [4.69, 9.17) is 9.16 Å². The van der Waals surface area contributed by atoms with E-state index in [-0.39, 0.29) is 0 Å². The van der Waals surface area contributed by atoms with Crippen LogP contribution in [0.5, 0.6) is 5.75 Å². The summed E-state index contributed by atoms with van der Waals surface area (Å²) in [7, 11) is -0.925. The van der Waals surface area contributed by atoms with E-state index in [9.17, 15) is 17.3 Å². The smallest absolute Gasteiger partial charge is 0.497 e. The van der Waals surface area contributed by atoms with Crippen LogP contribution in [0.2, 0.25) is 0 Å². The van der Waals surface area contributed by atoms with Crippen molar-refractivity contribution in [1.29, 1.82) is 0 Å². The zero-order valence-corrected chi connectivity index (χ0v) is 12.9. The van der Waals surface area contributed by atoms with Gasteiger partial charge in [-0.1, -0.05) is 10.3 Å². The predicted molar refractivity (Wildman–Crippen MR) is 81.2 cm³/mol. The van der Waals surface area contributed by atoms with E-state index >= 15 is 0 Å². The molecule has 9 heteroatoms. The van der Waals surface area contributed by atoms with Crippen molar-refractivity contribution in [2.45, 2.75) is 6.92 Å². The van der Waals surface area contributed by atoms with E-state index in [1.54, 1.807) is 27.8 Å². The minimum Gasteiger partial charge on any atom is -0.497 e. The van der Waals surface area contributed by atoms with Crippen molar-refractivity contribution in [2.24, 2.45) is 0 Å². The van der Waals surface area contributed by atoms with Gasteiger partial charge in [0, 0.05) is 17.3 Å². The Kier molecular flexibility index (Phi) is 6.90. The lowest BCUT2D eigenvalue weighted by molar-refractivity contribution is 0.368. The minimum atomic E-state index is -6.00. The maximum atomic E-state index is 9.75. The minimum absolute atomic E-state index is 0.718. The van der Waals surface area contributed by atoms with Crippen molar-refractivity contribution >= 4 is 27.9 Å². The highest BCUT2D eigenvalue weighted by molar-refractivity contribution is 7.69. The molecule has 2 aromatic rings. The van der Waals surface area contributed by atoms with E-state index in [1.807, 2.05) is 19.1 Å². The van der Waals surface area contributed by atoms with Crippen LogP contribution in [0.3, 0.4) is 0 Å². The molecule has 0 saturated heterocycles. The molecule has 116 valence electrons. The molecule has 1 aromatic heterocycles. The van der Waals surface area contributed by atoms with Gasteiger partial charge in [0.2, 0.25) is 0 Å². The number of methoxy groups -OCH3 is 1. The summed E-state index contributed by atoms with van der Waals surface area (Å²) in [6.45, 7) is 2.72. The molecule has 0 unspecified atom stereocenters. The van der Waals surface area contributed by atoms with Gasteiger partial charge in [-0.15, -0.1) is 0 Å². The lowest BCUT2D eigenvalue weighted by atomic mass is 10.2. The number of ether oxygens (including phenoxy) is 1. The zero-order valence-electron chi connectivity index (χ0n) is 11.3. The second-order valence-electron chi connectivity index (χ2n) is 3.65. The fourth-order valence-corrected chi connectivity index (χ4v) is 3.54. The predicted octanol–water partition coefficient (Wildman–Crippen LogP) is 4.70. The van der Waals surface area contributed by atoms with Gasteiger partial charge in [0.15, 0.2) is 0 Å². The van der Waals surface area contributed by atoms with Crippen LogP contribution >= 0.6 is 20.7 Å². The second-order valence-corrected chi connectivity index (χ2v) is 5.83. The van der Waals surface area contributed by atoms with Crippen LogP contribution < -0.4 is 9.48 Å². The summed E-state index contributed by atoms with van der Waals surface area (Å²) < 4.78 is 50.6. The first-order valence-electron chi connectivity index (χ1n) is 5.91. The Morgan fingerprint density at radius 3 is 2.14 bits per heavy atom. The number of hydrogen-bond donors (Lipinski definition) is 0. The van der Waals surface area contributed by atoms with Crippen LogP contribution in [-0.4, -0.2) is 21.0 Å². The number of hydrogen-bond acceptors (Lipinski definition) is 3. The van der Waals surface area contributed by atoms with Gasteiger partial charge < -0.3 is 22.0 Å². The molecule has 0 aliphatic heterocycles. The van der Waals surface area contributed by atoms with Gasteiger partial charge in [0.05, 0.1) is 18.1 Å². The van der Waals surface area contributed by atoms with Gasteiger partial charge in [-0.3, -0.25) is 0 Å². The van der Waals surface area contributed by atoms with Crippen LogP contribution in [0, 0.1) is 0 Å². The van der Waals surface area contributed by atoms with Crippen molar-refractivity contribution in [2.75, 3.05) is 13.7 Å². The lowest BCUT2D eigenvalue weighted by Gasteiger charge is -1.99. The van der Waals surface area contributed by atoms with E-state index in [0.29, 0.717) is 0 Å². The third-order valence-electron chi connectivity index (χ3n) is 2.12. The van der Waals surface area contributed by atoms with E-state index in [1.165, 1.54) is 10.4 Å². The first-order chi connectivity index (χ1) is 9.83.